The van der Waals surface area contributed by atoms with Crippen LogP contribution in [0, 0.1) is 0 Å². The monoisotopic (exact) mass is 320 g/mol. The van der Waals surface area contributed by atoms with Crippen molar-refractivity contribution in [3.8, 4) is 0 Å². The summed E-state index contributed by atoms with van der Waals surface area (Å²) in [4.78, 5) is 25.6. The molecule has 1 heterocycles. The molecule has 0 aliphatic carbocycles. The highest BCUT2D eigenvalue weighted by Gasteiger charge is 2.36. The van der Waals surface area contributed by atoms with Crippen LogP contribution in [0.5, 0.6) is 0 Å². The maximum Gasteiger partial charge on any atom is 0.320 e. The van der Waals surface area contributed by atoms with Crippen LogP contribution >= 0.6 is 15.9 Å². The zero-order valence-electron chi connectivity index (χ0n) is 11.4. The minimum absolute atomic E-state index is 0.00160. The van der Waals surface area contributed by atoms with Gasteiger partial charge in [0.2, 0.25) is 0 Å². The lowest BCUT2D eigenvalue weighted by atomic mass is 10.2. The Labute approximate surface area is 117 Å². The fourth-order valence-electron chi connectivity index (χ4n) is 1.82. The van der Waals surface area contributed by atoms with E-state index in [0.29, 0.717) is 19.7 Å². The van der Waals surface area contributed by atoms with Crippen molar-refractivity contribution < 1.29 is 14.3 Å². The van der Waals surface area contributed by atoms with Crippen molar-refractivity contribution in [2.75, 3.05) is 26.7 Å². The molecule has 0 unspecified atom stereocenters. The summed E-state index contributed by atoms with van der Waals surface area (Å²) in [5.74, 6) is 0. The molecule has 0 radical (unpaired) electrons. The fourth-order valence-corrected chi connectivity index (χ4v) is 2.13. The average molecular weight is 321 g/mol. The quantitative estimate of drug-likeness (QED) is 0.570. The van der Waals surface area contributed by atoms with Gasteiger partial charge in [0.1, 0.15) is 6.29 Å². The number of halogens is 1. The number of hydrogen-bond donors (Lipinski definition) is 0. The number of carbonyl (C=O) groups is 2. The molecule has 0 aromatic carbocycles. The lowest BCUT2D eigenvalue weighted by Crippen LogP contribution is -2.42. The topological polar surface area (TPSA) is 49.9 Å². The number of amides is 2. The Balaban J connectivity index is 2.63. The van der Waals surface area contributed by atoms with Crippen molar-refractivity contribution in [1.29, 1.82) is 0 Å². The number of hydrogen-bond acceptors (Lipinski definition) is 3. The second kappa shape index (κ2) is 6.02. The third-order valence-corrected chi connectivity index (χ3v) is 3.23. The highest BCUT2D eigenvalue weighted by molar-refractivity contribution is 9.10. The van der Waals surface area contributed by atoms with E-state index in [0.717, 1.165) is 6.29 Å². The molecule has 0 aromatic rings. The molecule has 1 fully saturated rings. The van der Waals surface area contributed by atoms with Crippen molar-refractivity contribution in [3.05, 3.63) is 0 Å². The van der Waals surface area contributed by atoms with Crippen LogP contribution in [0.15, 0.2) is 0 Å². The van der Waals surface area contributed by atoms with Crippen LogP contribution in [0.3, 0.4) is 0 Å². The second-order valence-corrected chi connectivity index (χ2v) is 6.72. The van der Waals surface area contributed by atoms with E-state index < -0.39 is 0 Å². The first-order valence-electron chi connectivity index (χ1n) is 5.99. The first-order valence-corrected chi connectivity index (χ1v) is 6.91. The van der Waals surface area contributed by atoms with Gasteiger partial charge in [-0.15, -0.1) is 0 Å². The van der Waals surface area contributed by atoms with E-state index in [9.17, 15) is 9.59 Å². The van der Waals surface area contributed by atoms with Gasteiger partial charge in [0, 0.05) is 20.1 Å². The number of urea groups is 1. The molecule has 2 amide bonds. The number of ether oxygens (including phenoxy) is 1. The van der Waals surface area contributed by atoms with Gasteiger partial charge in [-0.25, -0.2) is 4.79 Å². The highest BCUT2D eigenvalue weighted by Crippen LogP contribution is 2.18. The van der Waals surface area contributed by atoms with Gasteiger partial charge >= 0.3 is 6.03 Å². The van der Waals surface area contributed by atoms with Crippen LogP contribution in [0.25, 0.3) is 0 Å². The van der Waals surface area contributed by atoms with Crippen molar-refractivity contribution in [3.63, 3.8) is 0 Å². The lowest BCUT2D eigenvalue weighted by Gasteiger charge is -2.27. The zero-order chi connectivity index (χ0) is 13.9. The summed E-state index contributed by atoms with van der Waals surface area (Å²) in [7, 11) is 1.76. The van der Waals surface area contributed by atoms with Crippen molar-refractivity contribution in [2.24, 2.45) is 0 Å². The SMILES string of the molecule is CN1C[C@@H](COC(C)(C)C)N(C[C@@H](Br)C=O)C1=O. The second-order valence-electron chi connectivity index (χ2n) is 5.54. The van der Waals surface area contributed by atoms with E-state index in [-0.39, 0.29) is 22.5 Å². The Morgan fingerprint density at radius 2 is 2.17 bits per heavy atom. The van der Waals surface area contributed by atoms with Gasteiger partial charge in [0.15, 0.2) is 0 Å². The summed E-state index contributed by atoms with van der Waals surface area (Å²) in [5.41, 5.74) is -0.228. The molecule has 0 bridgehead atoms. The average Bonchev–Trinajstić information content (AvgIpc) is 2.53. The van der Waals surface area contributed by atoms with Gasteiger partial charge in [0.25, 0.3) is 0 Å². The van der Waals surface area contributed by atoms with E-state index in [2.05, 4.69) is 15.9 Å². The number of nitrogens with zero attached hydrogens (tertiary/aromatic N) is 2. The molecular weight excluding hydrogens is 300 g/mol. The largest absolute Gasteiger partial charge is 0.374 e. The molecule has 1 rings (SSSR count). The molecule has 0 spiro atoms. The van der Waals surface area contributed by atoms with E-state index in [4.69, 9.17) is 4.74 Å². The first-order chi connectivity index (χ1) is 8.24. The Bertz CT molecular complexity index is 317. The van der Waals surface area contributed by atoms with Gasteiger partial charge in [0.05, 0.1) is 23.1 Å². The molecule has 1 aliphatic rings. The molecule has 18 heavy (non-hydrogen) atoms. The highest BCUT2D eigenvalue weighted by atomic mass is 79.9. The fraction of sp³-hybridized carbons (Fsp3) is 0.833. The molecule has 0 N–H and O–H groups in total. The van der Waals surface area contributed by atoms with Crippen LogP contribution < -0.4 is 0 Å². The summed E-state index contributed by atoms with van der Waals surface area (Å²) >= 11 is 3.23. The van der Waals surface area contributed by atoms with Crippen LogP contribution in [0.1, 0.15) is 20.8 Å². The predicted octanol–water partition coefficient (Wildman–Crippen LogP) is 1.50. The van der Waals surface area contributed by atoms with Crippen LogP contribution in [-0.2, 0) is 9.53 Å². The molecule has 1 aliphatic heterocycles. The number of rotatable bonds is 5. The molecule has 0 aromatic heterocycles. The normalized spacial score (nSPS) is 22.5. The third-order valence-electron chi connectivity index (χ3n) is 2.73. The van der Waals surface area contributed by atoms with Gasteiger partial charge in [-0.3, -0.25) is 0 Å². The van der Waals surface area contributed by atoms with E-state index in [1.807, 2.05) is 20.8 Å². The third kappa shape index (κ3) is 4.24. The Kier molecular flexibility index (Phi) is 5.16. The molecule has 1 saturated heterocycles. The molecule has 5 nitrogen and oxygen atoms in total. The molecule has 0 saturated carbocycles. The van der Waals surface area contributed by atoms with Gasteiger partial charge in [-0.2, -0.15) is 0 Å². The molecule has 2 atom stereocenters. The zero-order valence-corrected chi connectivity index (χ0v) is 12.9. The van der Waals surface area contributed by atoms with Gasteiger partial charge in [-0.1, -0.05) is 15.9 Å². The molecule has 104 valence electrons. The maximum absolute atomic E-state index is 12.0. The number of alkyl halides is 1. The molecule has 6 heteroatoms. The van der Waals surface area contributed by atoms with Crippen LogP contribution in [0.4, 0.5) is 4.79 Å². The molecular formula is C12H21BrN2O3. The van der Waals surface area contributed by atoms with Crippen molar-refractivity contribution in [2.45, 2.75) is 37.2 Å². The van der Waals surface area contributed by atoms with Gasteiger partial charge in [-0.05, 0) is 20.8 Å². The van der Waals surface area contributed by atoms with E-state index in [1.54, 1.807) is 16.8 Å². The van der Waals surface area contributed by atoms with Crippen LogP contribution in [0.2, 0.25) is 0 Å². The number of carbonyl (C=O) groups excluding carboxylic acids is 2. The Hall–Kier alpha value is -0.620. The Morgan fingerprint density at radius 3 is 2.67 bits per heavy atom. The van der Waals surface area contributed by atoms with E-state index in [1.165, 1.54) is 0 Å². The Morgan fingerprint density at radius 1 is 1.56 bits per heavy atom. The smallest absolute Gasteiger partial charge is 0.320 e. The summed E-state index contributed by atoms with van der Waals surface area (Å²) in [6.07, 6.45) is 0.799. The van der Waals surface area contributed by atoms with Crippen molar-refractivity contribution in [1.82, 2.24) is 9.80 Å². The first kappa shape index (κ1) is 15.4. The van der Waals surface area contributed by atoms with Crippen LogP contribution in [-0.4, -0.2) is 65.3 Å². The minimum atomic E-state index is -0.329. The number of aldehydes is 1. The maximum atomic E-state index is 12.0. The summed E-state index contributed by atoms with van der Waals surface area (Å²) in [6.45, 7) is 7.44. The summed E-state index contributed by atoms with van der Waals surface area (Å²) in [5, 5.41) is 0. The lowest BCUT2D eigenvalue weighted by molar-refractivity contribution is -0.107. The van der Waals surface area contributed by atoms with Crippen molar-refractivity contribution >= 4 is 28.2 Å². The standard InChI is InChI=1S/C12H21BrN2O3/c1-12(2,3)18-8-10-6-14(4)11(17)15(10)5-9(13)7-16/h7,9-10H,5-6,8H2,1-4H3/t9-,10+/m1/s1. The van der Waals surface area contributed by atoms with Gasteiger partial charge < -0.3 is 19.3 Å². The summed E-state index contributed by atoms with van der Waals surface area (Å²) < 4.78 is 5.73. The minimum Gasteiger partial charge on any atom is -0.374 e. The number of likely N-dealkylation sites (N-methyl/N-ethyl adjacent to an activating group) is 1. The summed E-state index contributed by atoms with van der Waals surface area (Å²) in [6, 6.07) is -0.0504. The predicted molar refractivity (Wildman–Crippen MR) is 73.0 cm³/mol. The van der Waals surface area contributed by atoms with E-state index >= 15 is 0 Å².